The summed E-state index contributed by atoms with van der Waals surface area (Å²) in [5.41, 5.74) is 1.23. The lowest BCUT2D eigenvalue weighted by Gasteiger charge is -2.37. The molecule has 24 heavy (non-hydrogen) atoms. The predicted octanol–water partition coefficient (Wildman–Crippen LogP) is 2.11. The molecule has 0 radical (unpaired) electrons. The van der Waals surface area contributed by atoms with Gasteiger partial charge in [0.1, 0.15) is 5.69 Å². The third-order valence-corrected chi connectivity index (χ3v) is 5.50. The van der Waals surface area contributed by atoms with Crippen LogP contribution in [0.3, 0.4) is 0 Å². The van der Waals surface area contributed by atoms with E-state index in [0.29, 0.717) is 31.2 Å². The van der Waals surface area contributed by atoms with Crippen LogP contribution in [0.2, 0.25) is 0 Å². The van der Waals surface area contributed by atoms with Gasteiger partial charge in [-0.15, -0.1) is 0 Å². The summed E-state index contributed by atoms with van der Waals surface area (Å²) in [5, 5.41) is 4.55. The van der Waals surface area contributed by atoms with Crippen molar-refractivity contribution in [1.29, 1.82) is 0 Å². The SMILES string of the molecule is CCn1nc(C(C)C)cc1C(=O)N1CCC2(CCCN(C)C2=O)C1. The minimum absolute atomic E-state index is 0.00847. The molecule has 1 atom stereocenters. The smallest absolute Gasteiger partial charge is 0.272 e. The monoisotopic (exact) mass is 332 g/mol. The van der Waals surface area contributed by atoms with Crippen LogP contribution in [0.25, 0.3) is 0 Å². The first-order valence-electron chi connectivity index (χ1n) is 9.00. The summed E-state index contributed by atoms with van der Waals surface area (Å²) in [7, 11) is 1.87. The van der Waals surface area contributed by atoms with E-state index in [9.17, 15) is 9.59 Å². The molecule has 3 rings (SSSR count). The average molecular weight is 332 g/mol. The van der Waals surface area contributed by atoms with Gasteiger partial charge >= 0.3 is 0 Å². The van der Waals surface area contributed by atoms with Crippen molar-refractivity contribution in [2.24, 2.45) is 5.41 Å². The Morgan fingerprint density at radius 3 is 2.75 bits per heavy atom. The number of aryl methyl sites for hydroxylation is 1. The molecule has 0 aromatic carbocycles. The molecule has 2 saturated heterocycles. The zero-order chi connectivity index (χ0) is 17.5. The summed E-state index contributed by atoms with van der Waals surface area (Å²) >= 11 is 0. The van der Waals surface area contributed by atoms with E-state index in [0.717, 1.165) is 31.5 Å². The molecule has 1 unspecified atom stereocenters. The molecule has 1 aromatic rings. The molecule has 2 fully saturated rings. The summed E-state index contributed by atoms with van der Waals surface area (Å²) in [6, 6.07) is 1.91. The molecule has 6 heteroatoms. The molecular weight excluding hydrogens is 304 g/mol. The van der Waals surface area contributed by atoms with Gasteiger partial charge in [0, 0.05) is 33.2 Å². The maximum absolute atomic E-state index is 13.0. The molecule has 0 bridgehead atoms. The topological polar surface area (TPSA) is 58.4 Å². The highest BCUT2D eigenvalue weighted by Gasteiger charge is 2.48. The van der Waals surface area contributed by atoms with Crippen molar-refractivity contribution in [3.63, 3.8) is 0 Å². The molecule has 0 N–H and O–H groups in total. The third kappa shape index (κ3) is 2.72. The summed E-state index contributed by atoms with van der Waals surface area (Å²) < 4.78 is 1.79. The quantitative estimate of drug-likeness (QED) is 0.852. The van der Waals surface area contributed by atoms with Gasteiger partial charge in [-0.05, 0) is 38.2 Å². The van der Waals surface area contributed by atoms with Crippen molar-refractivity contribution < 1.29 is 9.59 Å². The second-order valence-corrected chi connectivity index (χ2v) is 7.51. The van der Waals surface area contributed by atoms with Gasteiger partial charge in [0.15, 0.2) is 0 Å². The third-order valence-electron chi connectivity index (χ3n) is 5.50. The van der Waals surface area contributed by atoms with E-state index < -0.39 is 0 Å². The summed E-state index contributed by atoms with van der Waals surface area (Å²) in [6.07, 6.45) is 2.69. The van der Waals surface area contributed by atoms with Gasteiger partial charge in [-0.25, -0.2) is 0 Å². The van der Waals surface area contributed by atoms with Crippen molar-refractivity contribution in [2.45, 2.75) is 52.5 Å². The van der Waals surface area contributed by atoms with Gasteiger partial charge in [0.25, 0.3) is 5.91 Å². The number of hydrogen-bond acceptors (Lipinski definition) is 3. The van der Waals surface area contributed by atoms with E-state index in [4.69, 9.17) is 0 Å². The number of hydrogen-bond donors (Lipinski definition) is 0. The van der Waals surface area contributed by atoms with E-state index in [1.54, 1.807) is 4.68 Å². The second-order valence-electron chi connectivity index (χ2n) is 7.51. The Morgan fingerprint density at radius 1 is 1.33 bits per heavy atom. The molecule has 132 valence electrons. The lowest BCUT2D eigenvalue weighted by molar-refractivity contribution is -0.143. The number of nitrogens with zero attached hydrogens (tertiary/aromatic N) is 4. The molecular formula is C18H28N4O2. The first-order chi connectivity index (χ1) is 11.4. The van der Waals surface area contributed by atoms with E-state index in [1.807, 2.05) is 29.8 Å². The van der Waals surface area contributed by atoms with Crippen LogP contribution in [0.4, 0.5) is 0 Å². The molecule has 1 aromatic heterocycles. The number of rotatable bonds is 3. The van der Waals surface area contributed by atoms with E-state index in [1.165, 1.54) is 0 Å². The normalized spacial score (nSPS) is 24.5. The molecule has 0 aliphatic carbocycles. The molecule has 3 heterocycles. The van der Waals surface area contributed by atoms with Crippen LogP contribution in [-0.2, 0) is 11.3 Å². The lowest BCUT2D eigenvalue weighted by Crippen LogP contribution is -2.48. The molecule has 2 aliphatic heterocycles. The van der Waals surface area contributed by atoms with Crippen LogP contribution in [0.15, 0.2) is 6.07 Å². The Hall–Kier alpha value is -1.85. The largest absolute Gasteiger partial charge is 0.345 e. The maximum Gasteiger partial charge on any atom is 0.272 e. The second kappa shape index (κ2) is 6.22. The molecule has 0 saturated carbocycles. The summed E-state index contributed by atoms with van der Waals surface area (Å²) in [5.74, 6) is 0.507. The fourth-order valence-corrected chi connectivity index (χ4v) is 3.99. The van der Waals surface area contributed by atoms with Crippen LogP contribution in [-0.4, -0.2) is 58.1 Å². The highest BCUT2D eigenvalue weighted by molar-refractivity contribution is 5.94. The lowest BCUT2D eigenvalue weighted by atomic mass is 9.78. The number of likely N-dealkylation sites (tertiary alicyclic amines) is 2. The minimum Gasteiger partial charge on any atom is -0.345 e. The van der Waals surface area contributed by atoms with Gasteiger partial charge < -0.3 is 9.80 Å². The van der Waals surface area contributed by atoms with Crippen molar-refractivity contribution in [2.75, 3.05) is 26.7 Å². The minimum atomic E-state index is -0.361. The van der Waals surface area contributed by atoms with Crippen molar-refractivity contribution in [3.8, 4) is 0 Å². The Morgan fingerprint density at radius 2 is 2.08 bits per heavy atom. The van der Waals surface area contributed by atoms with Gasteiger partial charge in [0.2, 0.25) is 5.91 Å². The van der Waals surface area contributed by atoms with Crippen LogP contribution in [0.1, 0.15) is 62.1 Å². The highest BCUT2D eigenvalue weighted by atomic mass is 16.2. The Labute approximate surface area is 143 Å². The van der Waals surface area contributed by atoms with E-state index in [-0.39, 0.29) is 17.2 Å². The van der Waals surface area contributed by atoms with Crippen LogP contribution in [0.5, 0.6) is 0 Å². The van der Waals surface area contributed by atoms with Gasteiger partial charge in [-0.2, -0.15) is 5.10 Å². The van der Waals surface area contributed by atoms with E-state index in [2.05, 4.69) is 18.9 Å². The predicted molar refractivity (Wildman–Crippen MR) is 91.8 cm³/mol. The Balaban J connectivity index is 1.81. The first-order valence-corrected chi connectivity index (χ1v) is 9.00. The standard InChI is InChI=1S/C18H28N4O2/c1-5-22-15(11-14(19-22)13(2)3)16(23)21-10-8-18(12-21)7-6-9-20(4)17(18)24/h11,13H,5-10,12H2,1-4H3. The number of amides is 2. The van der Waals surface area contributed by atoms with Crippen molar-refractivity contribution in [1.82, 2.24) is 19.6 Å². The number of carbonyl (C=O) groups excluding carboxylic acids is 2. The van der Waals surface area contributed by atoms with Gasteiger partial charge in [0.05, 0.1) is 11.1 Å². The first kappa shape index (κ1) is 17.0. The average Bonchev–Trinajstić information content (AvgIpc) is 3.17. The van der Waals surface area contributed by atoms with Crippen molar-refractivity contribution in [3.05, 3.63) is 17.5 Å². The molecule has 2 amide bonds. The number of aromatic nitrogens is 2. The zero-order valence-electron chi connectivity index (χ0n) is 15.2. The van der Waals surface area contributed by atoms with Crippen molar-refractivity contribution >= 4 is 11.8 Å². The maximum atomic E-state index is 13.0. The number of piperidine rings is 1. The van der Waals surface area contributed by atoms with Crippen LogP contribution >= 0.6 is 0 Å². The fourth-order valence-electron chi connectivity index (χ4n) is 3.99. The van der Waals surface area contributed by atoms with E-state index >= 15 is 0 Å². The van der Waals surface area contributed by atoms with Gasteiger partial charge in [-0.1, -0.05) is 13.8 Å². The number of carbonyl (C=O) groups is 2. The highest BCUT2D eigenvalue weighted by Crippen LogP contribution is 2.40. The molecule has 6 nitrogen and oxygen atoms in total. The zero-order valence-corrected chi connectivity index (χ0v) is 15.2. The fraction of sp³-hybridized carbons (Fsp3) is 0.722. The molecule has 2 aliphatic rings. The Kier molecular flexibility index (Phi) is 4.40. The summed E-state index contributed by atoms with van der Waals surface area (Å²) in [4.78, 5) is 29.3. The van der Waals surface area contributed by atoms with Crippen LogP contribution in [0, 0.1) is 5.41 Å². The molecule has 1 spiro atoms. The summed E-state index contributed by atoms with van der Waals surface area (Å²) in [6.45, 7) is 8.86. The van der Waals surface area contributed by atoms with Crippen LogP contribution < -0.4 is 0 Å². The Bertz CT molecular complexity index is 651. The van der Waals surface area contributed by atoms with Gasteiger partial charge in [-0.3, -0.25) is 14.3 Å².